The van der Waals surface area contributed by atoms with Crippen LogP contribution in [0.15, 0.2) is 36.7 Å². The standard InChI is InChI=1S/C20H24N6/c1-2-6-16(7-3-1)14-24-10-12-25(13-11-24)19-18-20(22-15-21-19)26-9-5-4-8-17(26)23-18/h1-3,6-7,15H,4-5,8-14H2. The van der Waals surface area contributed by atoms with Crippen molar-refractivity contribution in [2.45, 2.75) is 32.4 Å². The third-order valence-electron chi connectivity index (χ3n) is 5.54. The van der Waals surface area contributed by atoms with Gasteiger partial charge >= 0.3 is 0 Å². The number of benzene rings is 1. The lowest BCUT2D eigenvalue weighted by molar-refractivity contribution is 0.249. The Bertz CT molecular complexity index is 895. The first-order valence-corrected chi connectivity index (χ1v) is 9.60. The van der Waals surface area contributed by atoms with Gasteiger partial charge in [-0.25, -0.2) is 15.0 Å². The van der Waals surface area contributed by atoms with E-state index >= 15 is 0 Å². The van der Waals surface area contributed by atoms with Crippen LogP contribution in [0, 0.1) is 0 Å². The molecule has 0 unspecified atom stereocenters. The van der Waals surface area contributed by atoms with Crippen LogP contribution in [0.25, 0.3) is 11.2 Å². The van der Waals surface area contributed by atoms with Gasteiger partial charge in [0, 0.05) is 45.7 Å². The monoisotopic (exact) mass is 348 g/mol. The number of anilines is 1. The third-order valence-corrected chi connectivity index (χ3v) is 5.54. The van der Waals surface area contributed by atoms with Crippen molar-refractivity contribution in [2.75, 3.05) is 31.1 Å². The first-order valence-electron chi connectivity index (χ1n) is 9.60. The topological polar surface area (TPSA) is 50.1 Å². The van der Waals surface area contributed by atoms with Crippen molar-refractivity contribution < 1.29 is 0 Å². The minimum absolute atomic E-state index is 0.987. The van der Waals surface area contributed by atoms with Crippen molar-refractivity contribution in [3.05, 3.63) is 48.0 Å². The predicted octanol–water partition coefficient (Wildman–Crippen LogP) is 2.48. The molecule has 6 heteroatoms. The summed E-state index contributed by atoms with van der Waals surface area (Å²) in [4.78, 5) is 18.9. The van der Waals surface area contributed by atoms with E-state index in [1.165, 1.54) is 24.2 Å². The average molecular weight is 348 g/mol. The van der Waals surface area contributed by atoms with Gasteiger partial charge in [-0.3, -0.25) is 4.90 Å². The second-order valence-electron chi connectivity index (χ2n) is 7.26. The molecule has 0 spiro atoms. The van der Waals surface area contributed by atoms with E-state index in [0.29, 0.717) is 0 Å². The first-order chi connectivity index (χ1) is 12.9. The molecule has 2 aromatic heterocycles. The molecule has 0 amide bonds. The second kappa shape index (κ2) is 6.68. The summed E-state index contributed by atoms with van der Waals surface area (Å²) in [6, 6.07) is 10.7. The molecular formula is C20H24N6. The predicted molar refractivity (Wildman–Crippen MR) is 102 cm³/mol. The van der Waals surface area contributed by atoms with Crippen molar-refractivity contribution in [1.82, 2.24) is 24.4 Å². The number of imidazole rings is 1. The van der Waals surface area contributed by atoms with Gasteiger partial charge in [-0.2, -0.15) is 0 Å². The number of hydrogen-bond donors (Lipinski definition) is 0. The van der Waals surface area contributed by atoms with Gasteiger partial charge in [0.25, 0.3) is 0 Å². The number of aryl methyl sites for hydroxylation is 2. The van der Waals surface area contributed by atoms with Gasteiger partial charge < -0.3 is 9.47 Å². The number of nitrogens with zero attached hydrogens (tertiary/aromatic N) is 6. The van der Waals surface area contributed by atoms with E-state index in [1.807, 2.05) is 0 Å². The molecule has 0 atom stereocenters. The zero-order valence-corrected chi connectivity index (χ0v) is 15.0. The zero-order valence-electron chi connectivity index (χ0n) is 15.0. The Hall–Kier alpha value is -2.47. The van der Waals surface area contributed by atoms with E-state index < -0.39 is 0 Å². The van der Waals surface area contributed by atoms with E-state index in [2.05, 4.69) is 54.7 Å². The molecule has 1 saturated heterocycles. The van der Waals surface area contributed by atoms with Crippen LogP contribution in [0.4, 0.5) is 5.82 Å². The molecule has 5 rings (SSSR count). The van der Waals surface area contributed by atoms with Gasteiger partial charge in [0.15, 0.2) is 17.0 Å². The van der Waals surface area contributed by atoms with E-state index in [4.69, 9.17) is 4.98 Å². The number of aromatic nitrogens is 4. The Morgan fingerprint density at radius 2 is 1.73 bits per heavy atom. The third kappa shape index (κ3) is 2.84. The largest absolute Gasteiger partial charge is 0.352 e. The van der Waals surface area contributed by atoms with Crippen LogP contribution >= 0.6 is 0 Å². The zero-order chi connectivity index (χ0) is 17.3. The van der Waals surface area contributed by atoms with E-state index in [9.17, 15) is 0 Å². The maximum Gasteiger partial charge on any atom is 0.165 e. The fourth-order valence-corrected chi connectivity index (χ4v) is 4.14. The highest BCUT2D eigenvalue weighted by Crippen LogP contribution is 2.27. The highest BCUT2D eigenvalue weighted by atomic mass is 15.3. The first kappa shape index (κ1) is 15.8. The van der Waals surface area contributed by atoms with E-state index in [0.717, 1.165) is 62.7 Å². The Morgan fingerprint density at radius 1 is 0.885 bits per heavy atom. The van der Waals surface area contributed by atoms with Crippen LogP contribution in [0.1, 0.15) is 24.2 Å². The Balaban J connectivity index is 1.34. The lowest BCUT2D eigenvalue weighted by Gasteiger charge is -2.35. The summed E-state index contributed by atoms with van der Waals surface area (Å²) in [5.41, 5.74) is 3.38. The Morgan fingerprint density at radius 3 is 2.58 bits per heavy atom. The second-order valence-corrected chi connectivity index (χ2v) is 7.26. The van der Waals surface area contributed by atoms with Crippen LogP contribution in [0.5, 0.6) is 0 Å². The lowest BCUT2D eigenvalue weighted by Crippen LogP contribution is -2.46. The molecule has 2 aliphatic rings. The molecule has 0 N–H and O–H groups in total. The fourth-order valence-electron chi connectivity index (χ4n) is 4.14. The molecule has 0 aliphatic carbocycles. The number of rotatable bonds is 3. The summed E-state index contributed by atoms with van der Waals surface area (Å²) in [6.45, 7) is 6.13. The number of hydrogen-bond acceptors (Lipinski definition) is 5. The molecule has 0 bridgehead atoms. The molecule has 26 heavy (non-hydrogen) atoms. The summed E-state index contributed by atoms with van der Waals surface area (Å²) in [7, 11) is 0. The van der Waals surface area contributed by atoms with Crippen molar-refractivity contribution in [2.24, 2.45) is 0 Å². The number of fused-ring (bicyclic) bond motifs is 3. The van der Waals surface area contributed by atoms with Crippen molar-refractivity contribution >= 4 is 17.0 Å². The molecule has 2 aliphatic heterocycles. The van der Waals surface area contributed by atoms with Crippen molar-refractivity contribution in [1.29, 1.82) is 0 Å². The number of piperazine rings is 1. The molecule has 134 valence electrons. The summed E-state index contributed by atoms with van der Waals surface area (Å²) in [5, 5.41) is 0. The van der Waals surface area contributed by atoms with Gasteiger partial charge in [-0.15, -0.1) is 0 Å². The summed E-state index contributed by atoms with van der Waals surface area (Å²) < 4.78 is 2.29. The minimum atomic E-state index is 0.987. The van der Waals surface area contributed by atoms with Crippen molar-refractivity contribution in [3.63, 3.8) is 0 Å². The van der Waals surface area contributed by atoms with Gasteiger partial charge in [0.1, 0.15) is 12.2 Å². The molecule has 6 nitrogen and oxygen atoms in total. The molecule has 4 heterocycles. The van der Waals surface area contributed by atoms with E-state index in [1.54, 1.807) is 6.33 Å². The Kier molecular flexibility index (Phi) is 4.05. The van der Waals surface area contributed by atoms with Gasteiger partial charge in [0.2, 0.25) is 0 Å². The van der Waals surface area contributed by atoms with Crippen LogP contribution < -0.4 is 4.90 Å². The van der Waals surface area contributed by atoms with Crippen molar-refractivity contribution in [3.8, 4) is 0 Å². The molecule has 1 fully saturated rings. The maximum atomic E-state index is 4.90. The van der Waals surface area contributed by atoms with Gasteiger partial charge in [-0.1, -0.05) is 30.3 Å². The molecule has 1 aromatic carbocycles. The van der Waals surface area contributed by atoms with Crippen LogP contribution in [-0.4, -0.2) is 50.6 Å². The van der Waals surface area contributed by atoms with E-state index in [-0.39, 0.29) is 0 Å². The minimum Gasteiger partial charge on any atom is -0.352 e. The molecule has 0 radical (unpaired) electrons. The highest BCUT2D eigenvalue weighted by molar-refractivity contribution is 5.84. The van der Waals surface area contributed by atoms with Crippen LogP contribution in [0.2, 0.25) is 0 Å². The lowest BCUT2D eigenvalue weighted by atomic mass is 10.2. The van der Waals surface area contributed by atoms with Crippen LogP contribution in [-0.2, 0) is 19.5 Å². The summed E-state index contributed by atoms with van der Waals surface area (Å²) in [5.74, 6) is 2.19. The smallest absolute Gasteiger partial charge is 0.165 e. The summed E-state index contributed by atoms with van der Waals surface area (Å²) in [6.07, 6.45) is 5.21. The summed E-state index contributed by atoms with van der Waals surface area (Å²) >= 11 is 0. The molecule has 3 aromatic rings. The molecular weight excluding hydrogens is 324 g/mol. The van der Waals surface area contributed by atoms with Gasteiger partial charge in [-0.05, 0) is 18.4 Å². The fraction of sp³-hybridized carbons (Fsp3) is 0.450. The van der Waals surface area contributed by atoms with Crippen LogP contribution in [0.3, 0.4) is 0 Å². The Labute approximate surface area is 153 Å². The van der Waals surface area contributed by atoms with Gasteiger partial charge in [0.05, 0.1) is 0 Å². The maximum absolute atomic E-state index is 4.90. The average Bonchev–Trinajstić information content (AvgIpc) is 3.08. The molecule has 0 saturated carbocycles. The SMILES string of the molecule is c1ccc(CN2CCN(c3ncnc4c3nc3n4CCCC3)CC2)cc1. The quantitative estimate of drug-likeness (QED) is 0.728. The highest BCUT2D eigenvalue weighted by Gasteiger charge is 2.24. The normalized spacial score (nSPS) is 18.2.